The van der Waals surface area contributed by atoms with Crippen LogP contribution in [0.1, 0.15) is 48.6 Å². The Hall–Kier alpha value is -3.61. The number of benzene rings is 2. The Labute approximate surface area is 187 Å². The zero-order chi connectivity index (χ0) is 23.6. The number of methoxy groups -OCH3 is 1. The number of ether oxygens (including phenoxy) is 2. The van der Waals surface area contributed by atoms with Gasteiger partial charge in [0.05, 0.1) is 18.7 Å². The molecule has 168 valence electrons. The molecule has 2 aromatic carbocycles. The van der Waals surface area contributed by atoms with Crippen molar-refractivity contribution in [3.05, 3.63) is 64.2 Å². The number of likely N-dealkylation sites (tertiary alicyclic amines) is 1. The van der Waals surface area contributed by atoms with Crippen molar-refractivity contribution in [3.8, 4) is 11.5 Å². The number of aliphatic hydroxyl groups is 1. The summed E-state index contributed by atoms with van der Waals surface area (Å²) >= 11 is 0. The van der Waals surface area contributed by atoms with Crippen molar-refractivity contribution in [1.29, 1.82) is 0 Å². The number of nitrogens with zero attached hydrogens (tertiary/aromatic N) is 1. The molecule has 1 amide bonds. The molecule has 1 heterocycles. The molecule has 0 bridgehead atoms. The normalized spacial score (nSPS) is 17.5. The van der Waals surface area contributed by atoms with E-state index in [1.807, 2.05) is 20.8 Å². The van der Waals surface area contributed by atoms with Crippen LogP contribution >= 0.6 is 0 Å². The lowest BCUT2D eigenvalue weighted by Gasteiger charge is -2.25. The Kier molecular flexibility index (Phi) is 6.67. The van der Waals surface area contributed by atoms with Gasteiger partial charge in [-0.2, -0.15) is 0 Å². The highest BCUT2D eigenvalue weighted by atomic mass is 16.5. The molecule has 0 radical (unpaired) electrons. The second-order valence-electron chi connectivity index (χ2n) is 7.79. The van der Waals surface area contributed by atoms with Crippen LogP contribution in [0.3, 0.4) is 0 Å². The Morgan fingerprint density at radius 2 is 1.75 bits per heavy atom. The first-order chi connectivity index (χ1) is 15.2. The number of carbonyl (C=O) groups is 3. The first-order valence-electron chi connectivity index (χ1n) is 10.4. The van der Waals surface area contributed by atoms with Gasteiger partial charge in [-0.3, -0.25) is 14.4 Å². The second kappa shape index (κ2) is 9.26. The lowest BCUT2D eigenvalue weighted by molar-refractivity contribution is -0.139. The first-order valence-corrected chi connectivity index (χ1v) is 10.4. The van der Waals surface area contributed by atoms with Crippen LogP contribution in [-0.2, 0) is 14.4 Å². The first kappa shape index (κ1) is 23.1. The summed E-state index contributed by atoms with van der Waals surface area (Å²) in [4.78, 5) is 38.5. The fourth-order valence-corrected chi connectivity index (χ4v) is 3.99. The molecule has 7 nitrogen and oxygen atoms in total. The van der Waals surface area contributed by atoms with E-state index in [1.165, 1.54) is 11.8 Å². The van der Waals surface area contributed by atoms with Gasteiger partial charge in [-0.15, -0.1) is 0 Å². The standard InChI is InChI=1S/C25H27NO6/c1-6-11-26-22(17-7-9-18(10-8-17)32-16(4)27)21(24(29)25(26)30)23(28)19-12-15(3)20(31-5)13-14(19)2/h7-10,12-13,22,28H,6,11H2,1-5H3/b23-21+. The van der Waals surface area contributed by atoms with E-state index in [0.717, 1.165) is 11.1 Å². The number of aliphatic hydroxyl groups excluding tert-OH is 1. The molecule has 3 rings (SSSR count). The zero-order valence-electron chi connectivity index (χ0n) is 18.9. The second-order valence-corrected chi connectivity index (χ2v) is 7.79. The molecular formula is C25H27NO6. The summed E-state index contributed by atoms with van der Waals surface area (Å²) in [6, 6.07) is 9.38. The third kappa shape index (κ3) is 4.23. The molecule has 1 aliphatic rings. The van der Waals surface area contributed by atoms with Crippen LogP contribution < -0.4 is 9.47 Å². The number of amides is 1. The van der Waals surface area contributed by atoms with Crippen molar-refractivity contribution in [2.24, 2.45) is 0 Å². The minimum Gasteiger partial charge on any atom is -0.507 e. The molecule has 0 aromatic heterocycles. The van der Waals surface area contributed by atoms with Crippen LogP contribution in [0.25, 0.3) is 5.76 Å². The molecule has 32 heavy (non-hydrogen) atoms. The fourth-order valence-electron chi connectivity index (χ4n) is 3.99. The summed E-state index contributed by atoms with van der Waals surface area (Å²) in [7, 11) is 1.57. The smallest absolute Gasteiger partial charge is 0.308 e. The third-order valence-electron chi connectivity index (χ3n) is 5.46. The molecule has 1 aliphatic heterocycles. The summed E-state index contributed by atoms with van der Waals surface area (Å²) in [6.45, 7) is 7.23. The predicted octanol–water partition coefficient (Wildman–Crippen LogP) is 4.07. The molecule has 1 saturated heterocycles. The van der Waals surface area contributed by atoms with Gasteiger partial charge in [0.15, 0.2) is 0 Å². The fraction of sp³-hybridized carbons (Fsp3) is 0.320. The molecular weight excluding hydrogens is 410 g/mol. The van der Waals surface area contributed by atoms with Crippen molar-refractivity contribution in [3.63, 3.8) is 0 Å². The molecule has 0 aliphatic carbocycles. The number of hydrogen-bond acceptors (Lipinski definition) is 6. The van der Waals surface area contributed by atoms with Crippen molar-refractivity contribution in [2.75, 3.05) is 13.7 Å². The number of hydrogen-bond donors (Lipinski definition) is 1. The van der Waals surface area contributed by atoms with Crippen molar-refractivity contribution in [1.82, 2.24) is 4.90 Å². The highest BCUT2D eigenvalue weighted by Gasteiger charge is 2.45. The Balaban J connectivity index is 2.17. The van der Waals surface area contributed by atoms with Crippen LogP contribution in [0.4, 0.5) is 0 Å². The van der Waals surface area contributed by atoms with Gasteiger partial charge in [0, 0.05) is 19.0 Å². The van der Waals surface area contributed by atoms with Gasteiger partial charge in [-0.05, 0) is 61.2 Å². The largest absolute Gasteiger partial charge is 0.507 e. The number of rotatable bonds is 6. The van der Waals surface area contributed by atoms with Crippen molar-refractivity contribution in [2.45, 2.75) is 40.2 Å². The van der Waals surface area contributed by atoms with Gasteiger partial charge in [0.2, 0.25) is 0 Å². The topological polar surface area (TPSA) is 93.1 Å². The van der Waals surface area contributed by atoms with E-state index in [0.29, 0.717) is 35.6 Å². The van der Waals surface area contributed by atoms with E-state index in [9.17, 15) is 19.5 Å². The molecule has 7 heteroatoms. The van der Waals surface area contributed by atoms with E-state index < -0.39 is 23.7 Å². The lowest BCUT2D eigenvalue weighted by atomic mass is 9.93. The predicted molar refractivity (Wildman–Crippen MR) is 120 cm³/mol. The Morgan fingerprint density at radius 3 is 2.31 bits per heavy atom. The summed E-state index contributed by atoms with van der Waals surface area (Å²) in [5, 5.41) is 11.2. The zero-order valence-corrected chi connectivity index (χ0v) is 18.9. The van der Waals surface area contributed by atoms with Gasteiger partial charge in [0.1, 0.15) is 17.3 Å². The summed E-state index contributed by atoms with van der Waals surface area (Å²) < 4.78 is 10.4. The van der Waals surface area contributed by atoms with Gasteiger partial charge in [0.25, 0.3) is 11.7 Å². The quantitative estimate of drug-likeness (QED) is 0.241. The third-order valence-corrected chi connectivity index (χ3v) is 5.46. The number of ketones is 1. The minimum atomic E-state index is -0.747. The highest BCUT2D eigenvalue weighted by molar-refractivity contribution is 6.46. The molecule has 0 spiro atoms. The maximum absolute atomic E-state index is 13.0. The van der Waals surface area contributed by atoms with Crippen molar-refractivity contribution < 1.29 is 29.0 Å². The summed E-state index contributed by atoms with van der Waals surface area (Å²) in [6.07, 6.45) is 0.649. The summed E-state index contributed by atoms with van der Waals surface area (Å²) in [5.74, 6) is -1.01. The molecule has 0 saturated carbocycles. The number of aryl methyl sites for hydroxylation is 2. The van der Waals surface area contributed by atoms with Gasteiger partial charge < -0.3 is 19.5 Å². The van der Waals surface area contributed by atoms with Gasteiger partial charge in [-0.1, -0.05) is 19.1 Å². The molecule has 1 unspecified atom stereocenters. The van der Waals surface area contributed by atoms with Crippen LogP contribution in [0, 0.1) is 13.8 Å². The van der Waals surface area contributed by atoms with E-state index in [1.54, 1.807) is 43.5 Å². The van der Waals surface area contributed by atoms with E-state index in [4.69, 9.17) is 9.47 Å². The Morgan fingerprint density at radius 1 is 1.09 bits per heavy atom. The van der Waals surface area contributed by atoms with Gasteiger partial charge >= 0.3 is 5.97 Å². The number of Topliss-reactive ketones (excluding diaryl/α,β-unsaturated/α-hetero) is 1. The maximum Gasteiger partial charge on any atom is 0.308 e. The molecule has 1 N–H and O–H groups in total. The van der Waals surface area contributed by atoms with E-state index >= 15 is 0 Å². The lowest BCUT2D eigenvalue weighted by Crippen LogP contribution is -2.30. The highest BCUT2D eigenvalue weighted by Crippen LogP contribution is 2.41. The van der Waals surface area contributed by atoms with E-state index in [2.05, 4.69) is 0 Å². The molecule has 1 fully saturated rings. The summed E-state index contributed by atoms with van der Waals surface area (Å²) in [5.41, 5.74) is 2.66. The van der Waals surface area contributed by atoms with Crippen LogP contribution in [0.15, 0.2) is 42.0 Å². The van der Waals surface area contributed by atoms with Crippen molar-refractivity contribution >= 4 is 23.4 Å². The van der Waals surface area contributed by atoms with E-state index in [-0.39, 0.29) is 11.3 Å². The van der Waals surface area contributed by atoms with Gasteiger partial charge in [-0.25, -0.2) is 0 Å². The monoisotopic (exact) mass is 437 g/mol. The van der Waals surface area contributed by atoms with Crippen LogP contribution in [-0.4, -0.2) is 41.3 Å². The molecule has 1 atom stereocenters. The minimum absolute atomic E-state index is 0.0383. The maximum atomic E-state index is 13.0. The number of esters is 1. The van der Waals surface area contributed by atoms with Crippen LogP contribution in [0.2, 0.25) is 0 Å². The SMILES string of the molecule is CCCN1C(=O)C(=O)/C(=C(/O)c2cc(C)c(OC)cc2C)C1c1ccc(OC(C)=O)cc1. The average Bonchev–Trinajstić information content (AvgIpc) is 3.00. The average molecular weight is 437 g/mol. The number of carbonyl (C=O) groups excluding carboxylic acids is 3. The molecule has 2 aromatic rings. The Bertz CT molecular complexity index is 1100. The van der Waals surface area contributed by atoms with Crippen LogP contribution in [0.5, 0.6) is 11.5 Å².